The fourth-order valence-electron chi connectivity index (χ4n) is 1.50. The highest BCUT2D eigenvalue weighted by Crippen LogP contribution is 2.26. The molecule has 0 radical (unpaired) electrons. The first kappa shape index (κ1) is 12.3. The zero-order valence-corrected chi connectivity index (χ0v) is 11.6. The third-order valence-corrected chi connectivity index (χ3v) is 2.99. The molecular weight excluding hydrogens is 302 g/mol. The molecule has 2 aromatic rings. The standard InChI is InChI=1S/C12H11BrClN3/c1-17(8-10-4-2-3-5-15-10)12-11(14)6-9(13)7-16-12/h2-7H,8H2,1H3. The van der Waals surface area contributed by atoms with Gasteiger partial charge in [0, 0.05) is 23.9 Å². The Kier molecular flexibility index (Phi) is 3.97. The maximum absolute atomic E-state index is 6.14. The van der Waals surface area contributed by atoms with Crippen LogP contribution in [0, 0.1) is 0 Å². The van der Waals surface area contributed by atoms with Crippen LogP contribution in [0.1, 0.15) is 5.69 Å². The van der Waals surface area contributed by atoms with Crippen molar-refractivity contribution in [3.8, 4) is 0 Å². The van der Waals surface area contributed by atoms with Crippen LogP contribution >= 0.6 is 27.5 Å². The van der Waals surface area contributed by atoms with E-state index in [9.17, 15) is 0 Å². The highest BCUT2D eigenvalue weighted by molar-refractivity contribution is 9.10. The van der Waals surface area contributed by atoms with Crippen molar-refractivity contribution in [1.82, 2.24) is 9.97 Å². The van der Waals surface area contributed by atoms with Gasteiger partial charge >= 0.3 is 0 Å². The second-order valence-corrected chi connectivity index (χ2v) is 4.96. The summed E-state index contributed by atoms with van der Waals surface area (Å²) >= 11 is 9.47. The van der Waals surface area contributed by atoms with Crippen LogP contribution < -0.4 is 4.90 Å². The Bertz CT molecular complexity index is 504. The summed E-state index contributed by atoms with van der Waals surface area (Å²) < 4.78 is 0.873. The summed E-state index contributed by atoms with van der Waals surface area (Å²) in [6, 6.07) is 7.67. The van der Waals surface area contributed by atoms with Gasteiger partial charge in [0.25, 0.3) is 0 Å². The molecule has 5 heteroatoms. The molecule has 0 unspecified atom stereocenters. The largest absolute Gasteiger partial charge is 0.353 e. The molecule has 3 nitrogen and oxygen atoms in total. The van der Waals surface area contributed by atoms with Crippen molar-refractivity contribution >= 4 is 33.3 Å². The normalized spacial score (nSPS) is 10.3. The lowest BCUT2D eigenvalue weighted by Crippen LogP contribution is -2.18. The lowest BCUT2D eigenvalue weighted by molar-refractivity contribution is 0.865. The molecule has 2 heterocycles. The number of hydrogen-bond acceptors (Lipinski definition) is 3. The van der Waals surface area contributed by atoms with E-state index >= 15 is 0 Å². The van der Waals surface area contributed by atoms with Crippen molar-refractivity contribution in [2.45, 2.75) is 6.54 Å². The lowest BCUT2D eigenvalue weighted by atomic mass is 10.3. The zero-order valence-electron chi connectivity index (χ0n) is 9.27. The lowest BCUT2D eigenvalue weighted by Gasteiger charge is -2.18. The van der Waals surface area contributed by atoms with Crippen molar-refractivity contribution in [3.05, 3.63) is 51.8 Å². The molecule has 0 amide bonds. The third-order valence-electron chi connectivity index (χ3n) is 2.28. The number of halogens is 2. The van der Waals surface area contributed by atoms with Gasteiger partial charge in [-0.2, -0.15) is 0 Å². The maximum Gasteiger partial charge on any atom is 0.147 e. The van der Waals surface area contributed by atoms with Crippen LogP contribution in [0.2, 0.25) is 5.02 Å². The number of rotatable bonds is 3. The van der Waals surface area contributed by atoms with E-state index in [1.165, 1.54) is 0 Å². The Labute approximate surface area is 114 Å². The van der Waals surface area contributed by atoms with Crippen LogP contribution in [0.25, 0.3) is 0 Å². The van der Waals surface area contributed by atoms with Gasteiger partial charge in [-0.15, -0.1) is 0 Å². The molecule has 17 heavy (non-hydrogen) atoms. The fraction of sp³-hybridized carbons (Fsp3) is 0.167. The summed E-state index contributed by atoms with van der Waals surface area (Å²) in [6.07, 6.45) is 3.51. The van der Waals surface area contributed by atoms with E-state index in [0.29, 0.717) is 11.6 Å². The van der Waals surface area contributed by atoms with Gasteiger partial charge in [-0.1, -0.05) is 17.7 Å². The minimum Gasteiger partial charge on any atom is -0.353 e. The van der Waals surface area contributed by atoms with Crippen molar-refractivity contribution in [1.29, 1.82) is 0 Å². The van der Waals surface area contributed by atoms with Gasteiger partial charge < -0.3 is 4.90 Å². The van der Waals surface area contributed by atoms with Gasteiger partial charge in [-0.05, 0) is 34.1 Å². The molecule has 88 valence electrons. The van der Waals surface area contributed by atoms with E-state index in [2.05, 4.69) is 25.9 Å². The molecular formula is C12H11BrClN3. The van der Waals surface area contributed by atoms with Gasteiger partial charge in [0.15, 0.2) is 0 Å². The zero-order chi connectivity index (χ0) is 12.3. The molecule has 0 N–H and O–H groups in total. The molecule has 2 aromatic heterocycles. The molecule has 0 aliphatic rings. The van der Waals surface area contributed by atoms with E-state index < -0.39 is 0 Å². The van der Waals surface area contributed by atoms with Crippen molar-refractivity contribution in [3.63, 3.8) is 0 Å². The number of anilines is 1. The van der Waals surface area contributed by atoms with Crippen LogP contribution in [0.3, 0.4) is 0 Å². The number of aromatic nitrogens is 2. The average molecular weight is 313 g/mol. The van der Waals surface area contributed by atoms with Crippen LogP contribution in [0.5, 0.6) is 0 Å². The number of pyridine rings is 2. The Hall–Kier alpha value is -1.13. The minimum absolute atomic E-state index is 0.623. The average Bonchev–Trinajstić information content (AvgIpc) is 2.30. The molecule has 0 aliphatic heterocycles. The van der Waals surface area contributed by atoms with Crippen LogP contribution in [-0.4, -0.2) is 17.0 Å². The van der Waals surface area contributed by atoms with E-state index in [0.717, 1.165) is 16.0 Å². The molecule has 0 aromatic carbocycles. The monoisotopic (exact) mass is 311 g/mol. The summed E-state index contributed by atoms with van der Waals surface area (Å²) in [5.74, 6) is 0.750. The molecule has 0 spiro atoms. The van der Waals surface area contributed by atoms with Gasteiger partial charge in [-0.3, -0.25) is 4.98 Å². The van der Waals surface area contributed by atoms with Crippen molar-refractivity contribution < 1.29 is 0 Å². The van der Waals surface area contributed by atoms with Gasteiger partial charge in [-0.25, -0.2) is 4.98 Å². The van der Waals surface area contributed by atoms with Gasteiger partial charge in [0.05, 0.1) is 17.3 Å². The Morgan fingerprint density at radius 1 is 1.35 bits per heavy atom. The SMILES string of the molecule is CN(Cc1ccccn1)c1ncc(Br)cc1Cl. The quantitative estimate of drug-likeness (QED) is 0.868. The second kappa shape index (κ2) is 5.47. The van der Waals surface area contributed by atoms with Crippen molar-refractivity contribution in [2.24, 2.45) is 0 Å². The molecule has 0 fully saturated rings. The van der Waals surface area contributed by atoms with Crippen LogP contribution in [0.15, 0.2) is 41.1 Å². The van der Waals surface area contributed by atoms with Crippen molar-refractivity contribution in [2.75, 3.05) is 11.9 Å². The molecule has 0 aliphatic carbocycles. The third kappa shape index (κ3) is 3.17. The summed E-state index contributed by atoms with van der Waals surface area (Å²) in [6.45, 7) is 0.676. The second-order valence-electron chi connectivity index (χ2n) is 3.64. The van der Waals surface area contributed by atoms with E-state index in [1.54, 1.807) is 12.4 Å². The Balaban J connectivity index is 2.17. The highest BCUT2D eigenvalue weighted by Gasteiger charge is 2.09. The smallest absolute Gasteiger partial charge is 0.147 e. The first-order valence-corrected chi connectivity index (χ1v) is 6.26. The predicted molar refractivity (Wildman–Crippen MR) is 73.3 cm³/mol. The summed E-state index contributed by atoms with van der Waals surface area (Å²) in [7, 11) is 1.94. The van der Waals surface area contributed by atoms with E-state index in [-0.39, 0.29) is 0 Å². The first-order valence-electron chi connectivity index (χ1n) is 5.09. The predicted octanol–water partition coefficient (Wildman–Crippen LogP) is 3.53. The first-order chi connectivity index (χ1) is 8.16. The number of hydrogen-bond donors (Lipinski definition) is 0. The molecule has 0 bridgehead atoms. The summed E-state index contributed by atoms with van der Waals surface area (Å²) in [5, 5.41) is 0.623. The van der Waals surface area contributed by atoms with E-state index in [1.807, 2.05) is 36.2 Å². The van der Waals surface area contributed by atoms with Crippen LogP contribution in [0.4, 0.5) is 5.82 Å². The number of nitrogens with zero attached hydrogens (tertiary/aromatic N) is 3. The molecule has 0 atom stereocenters. The minimum atomic E-state index is 0.623. The van der Waals surface area contributed by atoms with Crippen LogP contribution in [-0.2, 0) is 6.54 Å². The molecule has 0 saturated carbocycles. The summed E-state index contributed by atoms with van der Waals surface area (Å²) in [4.78, 5) is 10.5. The maximum atomic E-state index is 6.14. The highest BCUT2D eigenvalue weighted by atomic mass is 79.9. The summed E-state index contributed by atoms with van der Waals surface area (Å²) in [5.41, 5.74) is 0.982. The fourth-order valence-corrected chi connectivity index (χ4v) is 2.27. The van der Waals surface area contributed by atoms with Gasteiger partial charge in [0.1, 0.15) is 5.82 Å². The molecule has 2 rings (SSSR count). The topological polar surface area (TPSA) is 29.0 Å². The van der Waals surface area contributed by atoms with E-state index in [4.69, 9.17) is 11.6 Å². The van der Waals surface area contributed by atoms with Gasteiger partial charge in [0.2, 0.25) is 0 Å². The molecule has 0 saturated heterocycles. The Morgan fingerprint density at radius 3 is 2.82 bits per heavy atom. The Morgan fingerprint density at radius 2 is 2.18 bits per heavy atom.